The predicted octanol–water partition coefficient (Wildman–Crippen LogP) is 2.87. The normalized spacial score (nSPS) is 15.2. The Morgan fingerprint density at radius 1 is 1.00 bits per heavy atom. The molecule has 30 heavy (non-hydrogen) atoms. The molecule has 0 unspecified atom stereocenters. The minimum absolute atomic E-state index is 0.0183. The second-order valence-electron chi connectivity index (χ2n) is 8.41. The highest BCUT2D eigenvalue weighted by atomic mass is 16.2. The number of nitrogens with zero attached hydrogens (tertiary/aromatic N) is 3. The van der Waals surface area contributed by atoms with Gasteiger partial charge in [0.1, 0.15) is 0 Å². The van der Waals surface area contributed by atoms with Gasteiger partial charge in [0.05, 0.1) is 0 Å². The number of benzene rings is 1. The molecule has 1 heterocycles. The number of hydrogen-bond donors (Lipinski definition) is 1. The molecule has 0 aromatic heterocycles. The number of hydrogen-bond acceptors (Lipinski definition) is 4. The molecule has 0 spiro atoms. The summed E-state index contributed by atoms with van der Waals surface area (Å²) < 4.78 is 0. The van der Waals surface area contributed by atoms with Crippen LogP contribution in [-0.4, -0.2) is 72.8 Å². The fraction of sp³-hybridized carbons (Fsp3) is 0.667. The summed E-state index contributed by atoms with van der Waals surface area (Å²) in [5, 5.41) is 3.00. The molecule has 1 aromatic carbocycles. The van der Waals surface area contributed by atoms with Crippen molar-refractivity contribution in [3.8, 4) is 0 Å². The van der Waals surface area contributed by atoms with E-state index in [2.05, 4.69) is 60.3 Å². The van der Waals surface area contributed by atoms with Crippen LogP contribution in [0.2, 0.25) is 0 Å². The zero-order chi connectivity index (χ0) is 21.8. The maximum absolute atomic E-state index is 12.3. The molecule has 168 valence electrons. The Hall–Kier alpha value is -1.92. The van der Waals surface area contributed by atoms with Crippen LogP contribution >= 0.6 is 0 Å². The lowest BCUT2D eigenvalue weighted by atomic mass is 10.1. The summed E-state index contributed by atoms with van der Waals surface area (Å²) in [5.41, 5.74) is 2.42. The molecule has 2 rings (SSSR count). The highest BCUT2D eigenvalue weighted by Crippen LogP contribution is 2.11. The van der Waals surface area contributed by atoms with Crippen molar-refractivity contribution in [1.82, 2.24) is 20.0 Å². The van der Waals surface area contributed by atoms with Gasteiger partial charge >= 0.3 is 0 Å². The molecule has 0 aliphatic carbocycles. The Balaban J connectivity index is 1.69. The van der Waals surface area contributed by atoms with Crippen molar-refractivity contribution >= 4 is 11.8 Å². The molecule has 0 atom stereocenters. The third kappa shape index (κ3) is 8.84. The van der Waals surface area contributed by atoms with Crippen LogP contribution in [0.4, 0.5) is 0 Å². The molecule has 1 saturated heterocycles. The maximum Gasteiger partial charge on any atom is 0.222 e. The molecule has 0 saturated carbocycles. The number of carbonyl (C=O) groups excluding carboxylic acids is 2. The largest absolute Gasteiger partial charge is 0.352 e. The summed E-state index contributed by atoms with van der Waals surface area (Å²) in [6.45, 7) is 11.7. The topological polar surface area (TPSA) is 55.9 Å². The molecule has 1 aromatic rings. The predicted molar refractivity (Wildman–Crippen MR) is 122 cm³/mol. The summed E-state index contributed by atoms with van der Waals surface area (Å²) in [7, 11) is 2.17. The number of piperazine rings is 1. The summed E-state index contributed by atoms with van der Waals surface area (Å²) in [6, 6.07) is 8.48. The van der Waals surface area contributed by atoms with Gasteiger partial charge in [0.2, 0.25) is 11.8 Å². The molecule has 1 aliphatic rings. The van der Waals surface area contributed by atoms with Gasteiger partial charge in [0, 0.05) is 65.2 Å². The van der Waals surface area contributed by atoms with E-state index in [1.807, 2.05) is 4.90 Å². The zero-order valence-corrected chi connectivity index (χ0v) is 19.2. The van der Waals surface area contributed by atoms with Gasteiger partial charge in [-0.05, 0) is 37.4 Å². The maximum atomic E-state index is 12.3. The van der Waals surface area contributed by atoms with Crippen LogP contribution < -0.4 is 5.32 Å². The standard InChI is InChI=1S/C24H40N4O2/c1-4-12-28(13-5-2)24(30)11-7-10-23(29)25-19-21-8-6-9-22(18-21)20-27-16-14-26(3)15-17-27/h6,8-9,18H,4-5,7,10-17,19-20H2,1-3H3,(H,25,29). The number of carbonyl (C=O) groups is 2. The highest BCUT2D eigenvalue weighted by Gasteiger charge is 2.14. The van der Waals surface area contributed by atoms with Crippen LogP contribution in [0.25, 0.3) is 0 Å². The van der Waals surface area contributed by atoms with E-state index in [0.717, 1.165) is 64.2 Å². The first-order valence-corrected chi connectivity index (χ1v) is 11.5. The van der Waals surface area contributed by atoms with Crippen molar-refractivity contribution in [2.24, 2.45) is 0 Å². The van der Waals surface area contributed by atoms with Gasteiger partial charge in [0.25, 0.3) is 0 Å². The van der Waals surface area contributed by atoms with Gasteiger partial charge in [-0.25, -0.2) is 0 Å². The first-order chi connectivity index (χ1) is 14.5. The summed E-state index contributed by atoms with van der Waals surface area (Å²) in [4.78, 5) is 31.3. The van der Waals surface area contributed by atoms with E-state index < -0.39 is 0 Å². The van der Waals surface area contributed by atoms with E-state index in [1.165, 1.54) is 5.56 Å². The molecule has 1 aliphatic heterocycles. The van der Waals surface area contributed by atoms with E-state index in [0.29, 0.717) is 25.8 Å². The summed E-state index contributed by atoms with van der Waals surface area (Å²) >= 11 is 0. The van der Waals surface area contributed by atoms with Crippen LogP contribution in [0, 0.1) is 0 Å². The van der Waals surface area contributed by atoms with E-state index in [1.54, 1.807) is 0 Å². The molecular formula is C24H40N4O2. The molecule has 1 fully saturated rings. The summed E-state index contributed by atoms with van der Waals surface area (Å²) in [5.74, 6) is 0.188. The monoisotopic (exact) mass is 416 g/mol. The Labute approximate surface area is 182 Å². The third-order valence-corrected chi connectivity index (χ3v) is 5.62. The van der Waals surface area contributed by atoms with Gasteiger partial charge in [-0.15, -0.1) is 0 Å². The Morgan fingerprint density at radius 3 is 2.33 bits per heavy atom. The molecule has 6 heteroatoms. The number of likely N-dealkylation sites (N-methyl/N-ethyl adjacent to an activating group) is 1. The van der Waals surface area contributed by atoms with Gasteiger partial charge in [0.15, 0.2) is 0 Å². The van der Waals surface area contributed by atoms with Gasteiger partial charge in [-0.1, -0.05) is 38.1 Å². The quantitative estimate of drug-likeness (QED) is 0.569. The van der Waals surface area contributed by atoms with Crippen molar-refractivity contribution in [1.29, 1.82) is 0 Å². The first kappa shape index (κ1) is 24.4. The van der Waals surface area contributed by atoms with Crippen molar-refractivity contribution in [3.05, 3.63) is 35.4 Å². The van der Waals surface area contributed by atoms with Crippen LogP contribution in [-0.2, 0) is 22.7 Å². The molecule has 0 bridgehead atoms. The average Bonchev–Trinajstić information content (AvgIpc) is 2.74. The van der Waals surface area contributed by atoms with Gasteiger partial charge < -0.3 is 15.1 Å². The van der Waals surface area contributed by atoms with Crippen molar-refractivity contribution < 1.29 is 9.59 Å². The van der Waals surface area contributed by atoms with Crippen molar-refractivity contribution in [3.63, 3.8) is 0 Å². The molecular weight excluding hydrogens is 376 g/mol. The average molecular weight is 417 g/mol. The van der Waals surface area contributed by atoms with E-state index in [9.17, 15) is 9.59 Å². The molecule has 2 amide bonds. The van der Waals surface area contributed by atoms with E-state index in [4.69, 9.17) is 0 Å². The molecule has 0 radical (unpaired) electrons. The van der Waals surface area contributed by atoms with E-state index >= 15 is 0 Å². The number of nitrogens with one attached hydrogen (secondary N) is 1. The van der Waals surface area contributed by atoms with Crippen LogP contribution in [0.1, 0.15) is 57.1 Å². The third-order valence-electron chi connectivity index (χ3n) is 5.62. The zero-order valence-electron chi connectivity index (χ0n) is 19.2. The fourth-order valence-electron chi connectivity index (χ4n) is 3.85. The minimum Gasteiger partial charge on any atom is -0.352 e. The lowest BCUT2D eigenvalue weighted by Gasteiger charge is -2.32. The fourth-order valence-corrected chi connectivity index (χ4v) is 3.85. The smallest absolute Gasteiger partial charge is 0.222 e. The van der Waals surface area contributed by atoms with Crippen LogP contribution in [0.5, 0.6) is 0 Å². The molecule has 6 nitrogen and oxygen atoms in total. The Morgan fingerprint density at radius 2 is 1.67 bits per heavy atom. The first-order valence-electron chi connectivity index (χ1n) is 11.5. The SMILES string of the molecule is CCCN(CCC)C(=O)CCCC(=O)NCc1cccc(CN2CCN(C)CC2)c1. The van der Waals surface area contributed by atoms with Crippen molar-refractivity contribution in [2.45, 2.75) is 59.0 Å². The minimum atomic E-state index is 0.0183. The number of rotatable bonds is 12. The number of amides is 2. The highest BCUT2D eigenvalue weighted by molar-refractivity contribution is 5.79. The Kier molecular flexibility index (Phi) is 10.9. The van der Waals surface area contributed by atoms with Crippen LogP contribution in [0.3, 0.4) is 0 Å². The van der Waals surface area contributed by atoms with Gasteiger partial charge in [-0.3, -0.25) is 14.5 Å². The van der Waals surface area contributed by atoms with Gasteiger partial charge in [-0.2, -0.15) is 0 Å². The summed E-state index contributed by atoms with van der Waals surface area (Å²) in [6.07, 6.45) is 3.41. The van der Waals surface area contributed by atoms with Crippen molar-refractivity contribution in [2.75, 3.05) is 46.3 Å². The lowest BCUT2D eigenvalue weighted by Crippen LogP contribution is -2.43. The second kappa shape index (κ2) is 13.4. The molecule has 1 N–H and O–H groups in total. The lowest BCUT2D eigenvalue weighted by molar-refractivity contribution is -0.131. The Bertz CT molecular complexity index is 650. The second-order valence-corrected chi connectivity index (χ2v) is 8.41. The van der Waals surface area contributed by atoms with E-state index in [-0.39, 0.29) is 11.8 Å². The van der Waals surface area contributed by atoms with Crippen LogP contribution in [0.15, 0.2) is 24.3 Å².